The monoisotopic (exact) mass is 751 g/mol. The summed E-state index contributed by atoms with van der Waals surface area (Å²) in [6.07, 6.45) is 17.1. The second-order valence-electron chi connectivity index (χ2n) is 20.2. The van der Waals surface area contributed by atoms with Crippen LogP contribution in [-0.2, 0) is 0 Å². The van der Waals surface area contributed by atoms with Crippen molar-refractivity contribution in [2.45, 2.75) is 254 Å². The molecule has 0 bridgehead atoms. The Bertz CT molecular complexity index is 607. The second kappa shape index (κ2) is 40.5. The molecule has 0 nitrogen and oxygen atoms in total. The Balaban J connectivity index is -0.000000166. The van der Waals surface area contributed by atoms with Crippen molar-refractivity contribution in [3.8, 4) is 0 Å². The van der Waals surface area contributed by atoms with Crippen LogP contribution < -0.4 is 0 Å². The Labute approximate surface area is 331 Å². The zero-order valence-electron chi connectivity index (χ0n) is 40.0. The molecule has 2 aliphatic rings. The van der Waals surface area contributed by atoms with Crippen molar-refractivity contribution in [2.75, 3.05) is 0 Å². The Morgan fingerprint density at radius 2 is 0.750 bits per heavy atom. The third-order valence-corrected chi connectivity index (χ3v) is 8.80. The lowest BCUT2D eigenvalue weighted by Gasteiger charge is -2.26. The fraction of sp³-hybridized carbons (Fsp3) is 1.00. The fourth-order valence-corrected chi connectivity index (χ4v) is 5.67. The Kier molecular flexibility index (Phi) is 47.5. The molecule has 52 heavy (non-hydrogen) atoms. The molecule has 0 aliphatic heterocycles. The first kappa shape index (κ1) is 61.0. The highest BCUT2D eigenvalue weighted by atomic mass is 19.4. The highest BCUT2D eigenvalue weighted by molar-refractivity contribution is 4.73. The summed E-state index contributed by atoms with van der Waals surface area (Å²) >= 11 is 0. The summed E-state index contributed by atoms with van der Waals surface area (Å²) in [6, 6.07) is 0. The fourth-order valence-electron chi connectivity index (χ4n) is 5.67. The normalized spacial score (nSPS) is 14.1. The van der Waals surface area contributed by atoms with Crippen molar-refractivity contribution in [3.63, 3.8) is 0 Å². The molecule has 0 unspecified atom stereocenters. The molecule has 2 fully saturated rings. The van der Waals surface area contributed by atoms with E-state index in [9.17, 15) is 13.2 Å². The van der Waals surface area contributed by atoms with Crippen LogP contribution in [0.25, 0.3) is 0 Å². The van der Waals surface area contributed by atoms with Crippen LogP contribution in [0.15, 0.2) is 0 Å². The maximum Gasteiger partial charge on any atom is 0.389 e. The van der Waals surface area contributed by atoms with Gasteiger partial charge in [-0.1, -0.05) is 216 Å². The molecule has 2 saturated carbocycles. The molecule has 0 aromatic rings. The lowest BCUT2D eigenvalue weighted by molar-refractivity contribution is -0.137. The van der Waals surface area contributed by atoms with Crippen LogP contribution in [0.5, 0.6) is 0 Å². The minimum Gasteiger partial charge on any atom is -0.171 e. The first-order chi connectivity index (χ1) is 23.8. The zero-order chi connectivity index (χ0) is 41.9. The predicted octanol–water partition coefficient (Wildman–Crippen LogP) is 19.3. The predicted molar refractivity (Wildman–Crippen MR) is 236 cm³/mol. The van der Waals surface area contributed by atoms with Crippen LogP contribution in [0.1, 0.15) is 248 Å². The molecular weight excluding hydrogens is 646 g/mol. The molecule has 0 aromatic heterocycles. The van der Waals surface area contributed by atoms with Gasteiger partial charge in [-0.3, -0.25) is 0 Å². The van der Waals surface area contributed by atoms with Gasteiger partial charge in [0.25, 0.3) is 0 Å². The van der Waals surface area contributed by atoms with Crippen LogP contribution in [0.4, 0.5) is 13.2 Å². The summed E-state index contributed by atoms with van der Waals surface area (Å²) in [5, 5.41) is 0. The van der Waals surface area contributed by atoms with Gasteiger partial charge in [-0.25, -0.2) is 0 Å². The topological polar surface area (TPSA) is 0 Å². The van der Waals surface area contributed by atoms with E-state index < -0.39 is 12.6 Å². The van der Waals surface area contributed by atoms with E-state index in [0.29, 0.717) is 0 Å². The third-order valence-electron chi connectivity index (χ3n) is 8.80. The SMILES string of the molecule is CC(C)CC(C)C.CC(C)CC1CC1.CC(C)CC1CCC1.CC(C)CCC(C)C.CC(C)CCC(F)(F)F.CCCC(C)C.CCCCC(C)C. The van der Waals surface area contributed by atoms with Crippen LogP contribution in [0.3, 0.4) is 0 Å². The molecule has 0 N–H and O–H groups in total. The first-order valence-electron chi connectivity index (χ1n) is 22.9. The van der Waals surface area contributed by atoms with E-state index in [1.807, 2.05) is 0 Å². The van der Waals surface area contributed by atoms with Gasteiger partial charge in [-0.15, -0.1) is 0 Å². The van der Waals surface area contributed by atoms with Crippen molar-refractivity contribution in [1.29, 1.82) is 0 Å². The number of rotatable bonds is 16. The van der Waals surface area contributed by atoms with E-state index in [-0.39, 0.29) is 12.3 Å². The van der Waals surface area contributed by atoms with Crippen molar-refractivity contribution < 1.29 is 13.2 Å². The number of halogens is 3. The molecule has 0 aromatic carbocycles. The minimum atomic E-state index is -3.97. The van der Waals surface area contributed by atoms with Crippen molar-refractivity contribution in [3.05, 3.63) is 0 Å². The molecular formula is C49H105F3. The molecule has 0 atom stereocenters. The van der Waals surface area contributed by atoms with Crippen LogP contribution >= 0.6 is 0 Å². The third kappa shape index (κ3) is 78.8. The lowest BCUT2D eigenvalue weighted by Crippen LogP contribution is -2.12. The van der Waals surface area contributed by atoms with Gasteiger partial charge >= 0.3 is 6.18 Å². The van der Waals surface area contributed by atoms with Gasteiger partial charge < -0.3 is 0 Å². The van der Waals surface area contributed by atoms with Crippen molar-refractivity contribution in [2.24, 2.45) is 65.1 Å². The van der Waals surface area contributed by atoms with Crippen LogP contribution in [-0.4, -0.2) is 6.18 Å². The standard InChI is InChI=1S/C8H16.C8H18.C7H14.2C7H16.C6H11F3.C6H14/c1-7(2)6-8-4-3-5-8;1-7(2)5-6-8(3)4;1-6(2)5-7-3-4-7;1-6(2)5-7(3)4;1-4-5-6-7(2)3;1-5(2)3-4-6(7,8)9;1-4-5-6(2)3/h7-8H,3-6H2,1-2H3;7-8H,5-6H2,1-4H3;6-7H,3-5H2,1-2H3;6-7H,5H2,1-4H3;7H,4-6H2,1-3H3;5H,3-4H2,1-2H3;6H,4-5H2,1-3H3. The molecule has 2 rings (SSSR count). The molecule has 2 aliphatic carbocycles. The quantitative estimate of drug-likeness (QED) is 0.147. The maximum atomic E-state index is 11.4. The molecule has 0 amide bonds. The van der Waals surface area contributed by atoms with E-state index in [2.05, 4.69) is 125 Å². The number of hydrogen-bond donors (Lipinski definition) is 0. The van der Waals surface area contributed by atoms with E-state index in [4.69, 9.17) is 0 Å². The van der Waals surface area contributed by atoms with Gasteiger partial charge in [0.1, 0.15) is 0 Å². The van der Waals surface area contributed by atoms with Crippen LogP contribution in [0, 0.1) is 65.1 Å². The Morgan fingerprint density at radius 1 is 0.404 bits per heavy atom. The van der Waals surface area contributed by atoms with Gasteiger partial charge in [0.05, 0.1) is 0 Å². The van der Waals surface area contributed by atoms with E-state index in [0.717, 1.165) is 59.2 Å². The summed E-state index contributed by atoms with van der Waals surface area (Å²) in [7, 11) is 0. The molecule has 0 radical (unpaired) electrons. The Morgan fingerprint density at radius 3 is 0.846 bits per heavy atom. The number of unbranched alkanes of at least 4 members (excludes halogenated alkanes) is 1. The van der Waals surface area contributed by atoms with Crippen LogP contribution in [0.2, 0.25) is 0 Å². The molecule has 0 saturated heterocycles. The zero-order valence-corrected chi connectivity index (χ0v) is 40.0. The summed E-state index contributed by atoms with van der Waals surface area (Å²) < 4.78 is 34.2. The first-order valence-corrected chi connectivity index (χ1v) is 22.9. The summed E-state index contributed by atoms with van der Waals surface area (Å²) in [5.74, 6) is 9.57. The van der Waals surface area contributed by atoms with E-state index >= 15 is 0 Å². The Hall–Kier alpha value is -0.210. The molecule has 0 heterocycles. The van der Waals surface area contributed by atoms with E-state index in [1.165, 1.54) is 96.3 Å². The second-order valence-corrected chi connectivity index (χ2v) is 20.2. The largest absolute Gasteiger partial charge is 0.389 e. The van der Waals surface area contributed by atoms with Gasteiger partial charge in [-0.05, 0) is 90.8 Å². The summed E-state index contributed by atoms with van der Waals surface area (Å²) in [6.45, 7) is 44.5. The smallest absolute Gasteiger partial charge is 0.171 e. The van der Waals surface area contributed by atoms with Crippen molar-refractivity contribution >= 4 is 0 Å². The number of hydrogen-bond acceptors (Lipinski definition) is 0. The summed E-state index contributed by atoms with van der Waals surface area (Å²) in [4.78, 5) is 0. The molecule has 322 valence electrons. The molecule has 0 spiro atoms. The van der Waals surface area contributed by atoms with Crippen molar-refractivity contribution in [1.82, 2.24) is 0 Å². The lowest BCUT2D eigenvalue weighted by atomic mass is 9.80. The number of alkyl halides is 3. The highest BCUT2D eigenvalue weighted by Crippen LogP contribution is 2.35. The highest BCUT2D eigenvalue weighted by Gasteiger charge is 2.26. The average Bonchev–Trinajstić information content (AvgIpc) is 3.76. The maximum absolute atomic E-state index is 11.4. The van der Waals surface area contributed by atoms with Gasteiger partial charge in [0.2, 0.25) is 0 Å². The minimum absolute atomic E-state index is 0.145. The van der Waals surface area contributed by atoms with Gasteiger partial charge in [0.15, 0.2) is 0 Å². The average molecular weight is 751 g/mol. The van der Waals surface area contributed by atoms with E-state index in [1.54, 1.807) is 13.8 Å². The van der Waals surface area contributed by atoms with Gasteiger partial charge in [-0.2, -0.15) is 13.2 Å². The molecule has 3 heteroatoms. The van der Waals surface area contributed by atoms with Gasteiger partial charge in [0, 0.05) is 6.42 Å². The summed E-state index contributed by atoms with van der Waals surface area (Å²) in [5.41, 5.74) is 0.